The lowest BCUT2D eigenvalue weighted by Crippen LogP contribution is -2.40. The molecule has 4 rings (SSSR count). The number of carbonyl (C=O) groups is 1. The Hall–Kier alpha value is -1.64. The van der Waals surface area contributed by atoms with Gasteiger partial charge in [0.05, 0.1) is 5.92 Å². The molecule has 2 nitrogen and oxygen atoms in total. The Bertz CT molecular complexity index is 869. The van der Waals surface area contributed by atoms with Gasteiger partial charge in [-0.3, -0.25) is 4.79 Å². The lowest BCUT2D eigenvalue weighted by molar-refractivity contribution is -0.144. The van der Waals surface area contributed by atoms with E-state index >= 15 is 0 Å². The number of rotatable bonds is 11. The lowest BCUT2D eigenvalue weighted by Gasteiger charge is -2.46. The monoisotopic (exact) mass is 510 g/mol. The highest BCUT2D eigenvalue weighted by Crippen LogP contribution is 2.50. The quantitative estimate of drug-likeness (QED) is 0.128. The lowest BCUT2D eigenvalue weighted by atomic mass is 9.59. The largest absolute Gasteiger partial charge is 0.423 e. The summed E-state index contributed by atoms with van der Waals surface area (Å²) < 4.78 is 20.4. The molecule has 0 spiro atoms. The van der Waals surface area contributed by atoms with Crippen LogP contribution in [0.1, 0.15) is 122 Å². The van der Waals surface area contributed by atoms with Crippen molar-refractivity contribution in [3.63, 3.8) is 0 Å². The first-order valence-electron chi connectivity index (χ1n) is 15.7. The fourth-order valence-electron chi connectivity index (χ4n) is 7.91. The summed E-state index contributed by atoms with van der Waals surface area (Å²) in [6, 6.07) is 5.07. The molecule has 4 atom stereocenters. The number of carbonyl (C=O) groups excluding carboxylic acids is 1. The number of hydrogen-bond acceptors (Lipinski definition) is 2. The van der Waals surface area contributed by atoms with Crippen LogP contribution in [0, 0.1) is 41.3 Å². The second kappa shape index (κ2) is 14.5. The van der Waals surface area contributed by atoms with Crippen molar-refractivity contribution < 1.29 is 13.9 Å². The molecule has 3 aliphatic carbocycles. The molecule has 0 bridgehead atoms. The third-order valence-corrected chi connectivity index (χ3v) is 10.1. The van der Waals surface area contributed by atoms with Crippen molar-refractivity contribution in [1.82, 2.24) is 0 Å². The molecule has 3 saturated carbocycles. The third kappa shape index (κ3) is 7.93. The number of fused-ring (bicyclic) bond motifs is 1. The number of ether oxygens (including phenoxy) is 1. The van der Waals surface area contributed by atoms with Crippen LogP contribution in [-0.2, 0) is 11.2 Å². The molecule has 0 aromatic heterocycles. The van der Waals surface area contributed by atoms with Gasteiger partial charge >= 0.3 is 5.97 Å². The highest BCUT2D eigenvalue weighted by Gasteiger charge is 2.43. The van der Waals surface area contributed by atoms with E-state index in [4.69, 9.17) is 4.74 Å². The molecule has 3 heteroatoms. The molecule has 1 aromatic rings. The van der Waals surface area contributed by atoms with Crippen molar-refractivity contribution in [3.05, 3.63) is 41.7 Å². The van der Waals surface area contributed by atoms with Gasteiger partial charge in [-0.05, 0) is 106 Å². The Labute approximate surface area is 225 Å². The zero-order valence-corrected chi connectivity index (χ0v) is 23.6. The van der Waals surface area contributed by atoms with Crippen LogP contribution in [0.4, 0.5) is 4.39 Å². The van der Waals surface area contributed by atoms with Crippen LogP contribution in [0.3, 0.4) is 0 Å². The van der Waals surface area contributed by atoms with E-state index in [2.05, 4.69) is 13.0 Å². The van der Waals surface area contributed by atoms with Crippen molar-refractivity contribution in [1.29, 1.82) is 0 Å². The second-order valence-corrected chi connectivity index (χ2v) is 12.5. The van der Waals surface area contributed by atoms with Gasteiger partial charge in [0.25, 0.3) is 0 Å². The number of aryl methyl sites for hydroxylation is 1. The van der Waals surface area contributed by atoms with Crippen molar-refractivity contribution >= 4 is 5.97 Å². The zero-order chi connectivity index (χ0) is 26.0. The molecule has 0 aliphatic heterocycles. The summed E-state index contributed by atoms with van der Waals surface area (Å²) >= 11 is 0. The van der Waals surface area contributed by atoms with Crippen LogP contribution in [-0.4, -0.2) is 5.97 Å². The molecular weight excluding hydrogens is 459 g/mol. The first-order chi connectivity index (χ1) is 18.1. The van der Waals surface area contributed by atoms with E-state index in [1.54, 1.807) is 6.07 Å². The van der Waals surface area contributed by atoms with Crippen molar-refractivity contribution in [2.75, 3.05) is 0 Å². The highest BCUT2D eigenvalue weighted by atomic mass is 19.1. The fraction of sp³-hybridized carbons (Fsp3) is 0.735. The van der Waals surface area contributed by atoms with Gasteiger partial charge in [-0.2, -0.15) is 0 Å². The Morgan fingerprint density at radius 1 is 0.973 bits per heavy atom. The topological polar surface area (TPSA) is 26.3 Å². The standard InChI is InChI=1S/C34H51FO2/c1-3-5-7-9-11-25-15-18-27(19-16-25)28-20-21-30-29(24-28)13-10-14-31(30)34(36)37-33-22-17-26(23-32(33)35)12-8-6-4-2/h4,6,17,22-23,25,27-31H,3,5,7-16,18-21,24H2,1-2H3/b6-4+. The molecule has 206 valence electrons. The minimum Gasteiger partial charge on any atom is -0.423 e. The zero-order valence-electron chi connectivity index (χ0n) is 23.6. The van der Waals surface area contributed by atoms with E-state index in [9.17, 15) is 9.18 Å². The van der Waals surface area contributed by atoms with E-state index in [0.29, 0.717) is 11.8 Å². The van der Waals surface area contributed by atoms with Crippen LogP contribution in [0.2, 0.25) is 0 Å². The summed E-state index contributed by atoms with van der Waals surface area (Å²) in [5.74, 6) is 3.23. The Kier molecular flexibility index (Phi) is 11.1. The van der Waals surface area contributed by atoms with Gasteiger partial charge in [-0.1, -0.05) is 82.9 Å². The first-order valence-corrected chi connectivity index (χ1v) is 15.7. The van der Waals surface area contributed by atoms with E-state index < -0.39 is 5.82 Å². The summed E-state index contributed by atoms with van der Waals surface area (Å²) in [5.41, 5.74) is 0.942. The molecule has 0 saturated heterocycles. The summed E-state index contributed by atoms with van der Waals surface area (Å²) in [4.78, 5) is 13.2. The molecule has 4 unspecified atom stereocenters. The van der Waals surface area contributed by atoms with Crippen LogP contribution >= 0.6 is 0 Å². The molecule has 3 aliphatic rings. The first kappa shape index (κ1) is 28.4. The van der Waals surface area contributed by atoms with Gasteiger partial charge in [0, 0.05) is 0 Å². The van der Waals surface area contributed by atoms with Crippen molar-refractivity contribution in [2.45, 2.75) is 123 Å². The van der Waals surface area contributed by atoms with E-state index in [1.807, 2.05) is 19.1 Å². The van der Waals surface area contributed by atoms with E-state index in [0.717, 1.165) is 55.4 Å². The van der Waals surface area contributed by atoms with Crippen LogP contribution in [0.25, 0.3) is 0 Å². The van der Waals surface area contributed by atoms with Gasteiger partial charge in [-0.15, -0.1) is 0 Å². The van der Waals surface area contributed by atoms with Gasteiger partial charge < -0.3 is 4.74 Å². The van der Waals surface area contributed by atoms with Gasteiger partial charge in [-0.25, -0.2) is 4.39 Å². The minimum atomic E-state index is -0.414. The second-order valence-electron chi connectivity index (χ2n) is 12.5. The number of hydrogen-bond donors (Lipinski definition) is 0. The number of allylic oxidation sites excluding steroid dienone is 2. The predicted molar refractivity (Wildman–Crippen MR) is 151 cm³/mol. The molecule has 0 radical (unpaired) electrons. The molecule has 3 fully saturated rings. The maximum atomic E-state index is 14.7. The smallest absolute Gasteiger partial charge is 0.314 e. The van der Waals surface area contributed by atoms with Gasteiger partial charge in [0.2, 0.25) is 0 Å². The van der Waals surface area contributed by atoms with E-state index in [-0.39, 0.29) is 17.6 Å². The third-order valence-electron chi connectivity index (χ3n) is 10.1. The number of halogens is 1. The van der Waals surface area contributed by atoms with Crippen molar-refractivity contribution in [3.8, 4) is 5.75 Å². The average molecular weight is 511 g/mol. The molecular formula is C34H51FO2. The maximum Gasteiger partial charge on any atom is 0.314 e. The number of esters is 1. The van der Waals surface area contributed by atoms with Crippen LogP contribution in [0.15, 0.2) is 30.4 Å². The highest BCUT2D eigenvalue weighted by molar-refractivity contribution is 5.75. The SMILES string of the molecule is C/C=C/CCc1ccc(OC(=O)C2CCCC3CC(C4CCC(CCCCCC)CC4)CCC32)c(F)c1. The summed E-state index contributed by atoms with van der Waals surface area (Å²) in [6.07, 6.45) is 25.5. The molecule has 0 N–H and O–H groups in total. The Balaban J connectivity index is 1.25. The number of benzene rings is 1. The average Bonchev–Trinajstić information content (AvgIpc) is 2.92. The number of unbranched alkanes of at least 4 members (excludes halogenated alkanes) is 3. The normalized spacial score (nSPS) is 30.2. The summed E-state index contributed by atoms with van der Waals surface area (Å²) in [6.45, 7) is 4.29. The van der Waals surface area contributed by atoms with Crippen molar-refractivity contribution in [2.24, 2.45) is 35.5 Å². The molecule has 37 heavy (non-hydrogen) atoms. The fourth-order valence-corrected chi connectivity index (χ4v) is 7.91. The molecule has 1 aromatic carbocycles. The molecule has 0 heterocycles. The summed E-state index contributed by atoms with van der Waals surface area (Å²) in [5, 5.41) is 0. The van der Waals surface area contributed by atoms with Crippen LogP contribution in [0.5, 0.6) is 5.75 Å². The van der Waals surface area contributed by atoms with Gasteiger partial charge in [0.15, 0.2) is 11.6 Å². The van der Waals surface area contributed by atoms with E-state index in [1.165, 1.54) is 83.1 Å². The van der Waals surface area contributed by atoms with Gasteiger partial charge in [0.1, 0.15) is 0 Å². The molecule has 0 amide bonds. The Morgan fingerprint density at radius 3 is 2.54 bits per heavy atom. The Morgan fingerprint density at radius 2 is 1.78 bits per heavy atom. The summed E-state index contributed by atoms with van der Waals surface area (Å²) in [7, 11) is 0. The van der Waals surface area contributed by atoms with Crippen LogP contribution < -0.4 is 4.74 Å². The minimum absolute atomic E-state index is 0.0627. The predicted octanol–water partition coefficient (Wildman–Crippen LogP) is 9.85. The maximum absolute atomic E-state index is 14.7.